The summed E-state index contributed by atoms with van der Waals surface area (Å²) in [7, 11) is 0. The summed E-state index contributed by atoms with van der Waals surface area (Å²) < 4.78 is 0. The van der Waals surface area contributed by atoms with Crippen molar-refractivity contribution < 1.29 is 4.79 Å². The Hall–Kier alpha value is -1.04. The molecule has 0 heterocycles. The molecule has 0 rings (SSSR count). The molecule has 62 valence electrons. The lowest BCUT2D eigenvalue weighted by Gasteiger charge is -2.07. The van der Waals surface area contributed by atoms with E-state index in [1.54, 1.807) is 0 Å². The van der Waals surface area contributed by atoms with E-state index in [-0.39, 0.29) is 11.9 Å². The van der Waals surface area contributed by atoms with Crippen LogP contribution in [0, 0.1) is 11.3 Å². The predicted octanol–water partition coefficient (Wildman–Crippen LogP) is 1.20. The van der Waals surface area contributed by atoms with Crippen LogP contribution in [0.15, 0.2) is 0 Å². The Morgan fingerprint density at radius 3 is 2.73 bits per heavy atom. The molecule has 0 saturated carbocycles. The number of nitriles is 1. The first kappa shape index (κ1) is 9.96. The molecule has 3 nitrogen and oxygen atoms in total. The van der Waals surface area contributed by atoms with Crippen molar-refractivity contribution in [2.24, 2.45) is 0 Å². The van der Waals surface area contributed by atoms with Gasteiger partial charge in [0, 0.05) is 6.92 Å². The molecule has 11 heavy (non-hydrogen) atoms. The van der Waals surface area contributed by atoms with Gasteiger partial charge in [-0.1, -0.05) is 19.8 Å². The SMILES string of the molecule is CCCCC(C#N)NC(C)=O. The van der Waals surface area contributed by atoms with Crippen molar-refractivity contribution in [3.63, 3.8) is 0 Å². The number of hydrogen-bond donors (Lipinski definition) is 1. The van der Waals surface area contributed by atoms with Gasteiger partial charge < -0.3 is 5.32 Å². The molecule has 1 unspecified atom stereocenters. The summed E-state index contributed by atoms with van der Waals surface area (Å²) in [6.45, 7) is 3.48. The van der Waals surface area contributed by atoms with Gasteiger partial charge in [0.25, 0.3) is 0 Å². The summed E-state index contributed by atoms with van der Waals surface area (Å²) >= 11 is 0. The zero-order valence-corrected chi connectivity index (χ0v) is 7.05. The van der Waals surface area contributed by atoms with Gasteiger partial charge in [0.1, 0.15) is 6.04 Å². The Balaban J connectivity index is 3.60. The fourth-order valence-electron chi connectivity index (χ4n) is 0.823. The number of rotatable bonds is 4. The van der Waals surface area contributed by atoms with Crippen molar-refractivity contribution in [2.75, 3.05) is 0 Å². The minimum atomic E-state index is -0.299. The van der Waals surface area contributed by atoms with E-state index in [0.717, 1.165) is 19.3 Å². The summed E-state index contributed by atoms with van der Waals surface area (Å²) in [4.78, 5) is 10.5. The molecule has 0 fully saturated rings. The van der Waals surface area contributed by atoms with Gasteiger partial charge in [-0.2, -0.15) is 5.26 Å². The van der Waals surface area contributed by atoms with Crippen molar-refractivity contribution in [2.45, 2.75) is 39.2 Å². The largest absolute Gasteiger partial charge is 0.341 e. The van der Waals surface area contributed by atoms with Crippen LogP contribution in [0.5, 0.6) is 0 Å². The first-order valence-corrected chi connectivity index (χ1v) is 3.87. The summed E-state index contributed by atoms with van der Waals surface area (Å²) in [5.41, 5.74) is 0. The fourth-order valence-corrected chi connectivity index (χ4v) is 0.823. The van der Waals surface area contributed by atoms with Gasteiger partial charge in [-0.25, -0.2) is 0 Å². The van der Waals surface area contributed by atoms with Crippen molar-refractivity contribution in [3.8, 4) is 6.07 Å². The van der Waals surface area contributed by atoms with E-state index in [2.05, 4.69) is 12.2 Å². The van der Waals surface area contributed by atoms with Crippen LogP contribution in [0.25, 0.3) is 0 Å². The van der Waals surface area contributed by atoms with Crippen LogP contribution in [-0.2, 0) is 4.79 Å². The molecule has 0 aromatic rings. The van der Waals surface area contributed by atoms with Gasteiger partial charge in [0.05, 0.1) is 6.07 Å². The Kier molecular flexibility index (Phi) is 5.18. The van der Waals surface area contributed by atoms with E-state index in [4.69, 9.17) is 5.26 Å². The second-order valence-electron chi connectivity index (χ2n) is 2.52. The molecule has 3 heteroatoms. The van der Waals surface area contributed by atoms with E-state index in [1.807, 2.05) is 6.07 Å². The van der Waals surface area contributed by atoms with Crippen molar-refractivity contribution in [1.82, 2.24) is 5.32 Å². The Morgan fingerprint density at radius 1 is 1.73 bits per heavy atom. The topological polar surface area (TPSA) is 52.9 Å². The number of carbonyl (C=O) groups excluding carboxylic acids is 1. The third kappa shape index (κ3) is 5.41. The lowest BCUT2D eigenvalue weighted by atomic mass is 10.1. The van der Waals surface area contributed by atoms with Gasteiger partial charge in [0.2, 0.25) is 5.91 Å². The summed E-state index contributed by atoms with van der Waals surface area (Å²) in [5.74, 6) is -0.132. The summed E-state index contributed by atoms with van der Waals surface area (Å²) in [5, 5.41) is 11.1. The number of nitrogens with zero attached hydrogens (tertiary/aromatic N) is 1. The average molecular weight is 154 g/mol. The van der Waals surface area contributed by atoms with Crippen LogP contribution in [0.1, 0.15) is 33.1 Å². The molecule has 0 aromatic heterocycles. The van der Waals surface area contributed by atoms with Gasteiger partial charge >= 0.3 is 0 Å². The zero-order chi connectivity index (χ0) is 8.69. The standard InChI is InChI=1S/C8H14N2O/c1-3-4-5-8(6-9)10-7(2)11/h8H,3-5H2,1-2H3,(H,10,11). The maximum absolute atomic E-state index is 10.5. The third-order valence-corrected chi connectivity index (χ3v) is 1.38. The highest BCUT2D eigenvalue weighted by molar-refractivity contribution is 5.73. The Morgan fingerprint density at radius 2 is 2.36 bits per heavy atom. The van der Waals surface area contributed by atoms with Gasteiger partial charge in [-0.15, -0.1) is 0 Å². The number of carbonyl (C=O) groups is 1. The molecular formula is C8H14N2O. The van der Waals surface area contributed by atoms with E-state index >= 15 is 0 Å². The molecule has 0 bridgehead atoms. The van der Waals surface area contributed by atoms with E-state index < -0.39 is 0 Å². The monoisotopic (exact) mass is 154 g/mol. The quantitative estimate of drug-likeness (QED) is 0.661. The van der Waals surface area contributed by atoms with Gasteiger partial charge in [-0.3, -0.25) is 4.79 Å². The van der Waals surface area contributed by atoms with Crippen molar-refractivity contribution in [1.29, 1.82) is 5.26 Å². The van der Waals surface area contributed by atoms with E-state index in [9.17, 15) is 4.79 Å². The molecule has 0 aliphatic heterocycles. The van der Waals surface area contributed by atoms with E-state index in [1.165, 1.54) is 6.92 Å². The maximum Gasteiger partial charge on any atom is 0.217 e. The number of unbranched alkanes of at least 4 members (excludes halogenated alkanes) is 1. The molecule has 1 atom stereocenters. The molecule has 0 spiro atoms. The smallest absolute Gasteiger partial charge is 0.217 e. The fraction of sp³-hybridized carbons (Fsp3) is 0.750. The average Bonchev–Trinajstić information content (AvgIpc) is 1.97. The molecule has 0 aliphatic rings. The Labute approximate surface area is 67.4 Å². The van der Waals surface area contributed by atoms with Crippen molar-refractivity contribution in [3.05, 3.63) is 0 Å². The lowest BCUT2D eigenvalue weighted by Crippen LogP contribution is -2.31. The predicted molar refractivity (Wildman–Crippen MR) is 42.7 cm³/mol. The highest BCUT2D eigenvalue weighted by Crippen LogP contribution is 1.98. The summed E-state index contributed by atoms with van der Waals surface area (Å²) in [6, 6.07) is 1.74. The minimum Gasteiger partial charge on any atom is -0.341 e. The lowest BCUT2D eigenvalue weighted by molar-refractivity contribution is -0.119. The third-order valence-electron chi connectivity index (χ3n) is 1.38. The van der Waals surface area contributed by atoms with Crippen LogP contribution in [0.2, 0.25) is 0 Å². The summed E-state index contributed by atoms with van der Waals surface area (Å²) in [6.07, 6.45) is 2.79. The zero-order valence-electron chi connectivity index (χ0n) is 7.05. The maximum atomic E-state index is 10.5. The number of hydrogen-bond acceptors (Lipinski definition) is 2. The molecule has 0 saturated heterocycles. The van der Waals surface area contributed by atoms with Crippen LogP contribution in [0.3, 0.4) is 0 Å². The molecule has 0 radical (unpaired) electrons. The van der Waals surface area contributed by atoms with Crippen LogP contribution >= 0.6 is 0 Å². The molecule has 0 aliphatic carbocycles. The highest BCUT2D eigenvalue weighted by atomic mass is 16.1. The second-order valence-corrected chi connectivity index (χ2v) is 2.52. The van der Waals surface area contributed by atoms with Crippen LogP contribution in [0.4, 0.5) is 0 Å². The van der Waals surface area contributed by atoms with Gasteiger partial charge in [0.15, 0.2) is 0 Å². The minimum absolute atomic E-state index is 0.132. The molecule has 0 aromatic carbocycles. The first-order valence-electron chi connectivity index (χ1n) is 3.87. The van der Waals surface area contributed by atoms with E-state index in [0.29, 0.717) is 0 Å². The molecule has 1 N–H and O–H groups in total. The number of amides is 1. The van der Waals surface area contributed by atoms with Crippen LogP contribution < -0.4 is 5.32 Å². The Bertz CT molecular complexity index is 160. The normalized spacial score (nSPS) is 11.7. The van der Waals surface area contributed by atoms with Crippen molar-refractivity contribution >= 4 is 5.91 Å². The second kappa shape index (κ2) is 5.72. The molecule has 1 amide bonds. The van der Waals surface area contributed by atoms with Crippen LogP contribution in [-0.4, -0.2) is 11.9 Å². The first-order chi connectivity index (χ1) is 5.20. The highest BCUT2D eigenvalue weighted by Gasteiger charge is 2.05. The molecular weight excluding hydrogens is 140 g/mol. The number of nitrogens with one attached hydrogen (secondary N) is 1. The van der Waals surface area contributed by atoms with Gasteiger partial charge in [-0.05, 0) is 6.42 Å².